The van der Waals surface area contributed by atoms with Gasteiger partial charge >= 0.3 is 0 Å². The number of anilines is 1. The van der Waals surface area contributed by atoms with Crippen LogP contribution in [0.4, 0.5) is 10.2 Å². The van der Waals surface area contributed by atoms with Crippen molar-refractivity contribution in [2.75, 3.05) is 26.5 Å². The van der Waals surface area contributed by atoms with E-state index in [-0.39, 0.29) is 17.3 Å². The smallest absolute Gasteiger partial charge is 0.256 e. The summed E-state index contributed by atoms with van der Waals surface area (Å²) in [6, 6.07) is 1.36. The molecule has 4 nitrogen and oxygen atoms in total. The Bertz CT molecular complexity index is 352. The number of nitrogens with zero attached hydrogens (tertiary/aromatic N) is 2. The molecule has 0 unspecified atom stereocenters. The normalized spacial score (nSPS) is 9.71. The standard InChI is InChI=1S/C9H12FN3O/c1-11-8-7(10)6(4-5-12-8)9(14)13(2)3/h4-5H,1-3H3,(H,11,12). The largest absolute Gasteiger partial charge is 0.371 e. The molecule has 1 N–H and O–H groups in total. The van der Waals surface area contributed by atoms with E-state index < -0.39 is 5.82 Å². The van der Waals surface area contributed by atoms with Gasteiger partial charge in [0.05, 0.1) is 5.56 Å². The number of hydrogen-bond donors (Lipinski definition) is 1. The highest BCUT2D eigenvalue weighted by Crippen LogP contribution is 2.15. The number of nitrogens with one attached hydrogen (secondary N) is 1. The molecule has 1 aromatic heterocycles. The fourth-order valence-corrected chi connectivity index (χ4v) is 1.02. The van der Waals surface area contributed by atoms with Crippen molar-refractivity contribution in [3.05, 3.63) is 23.6 Å². The van der Waals surface area contributed by atoms with Crippen molar-refractivity contribution in [1.82, 2.24) is 9.88 Å². The number of aromatic nitrogens is 1. The summed E-state index contributed by atoms with van der Waals surface area (Å²) < 4.78 is 13.5. The van der Waals surface area contributed by atoms with E-state index in [1.807, 2.05) is 0 Å². The van der Waals surface area contributed by atoms with Gasteiger partial charge in [-0.1, -0.05) is 0 Å². The highest BCUT2D eigenvalue weighted by atomic mass is 19.1. The first-order chi connectivity index (χ1) is 6.57. The summed E-state index contributed by atoms with van der Waals surface area (Å²) in [5, 5.41) is 2.57. The average molecular weight is 197 g/mol. The second kappa shape index (κ2) is 4.04. The first kappa shape index (κ1) is 10.4. The van der Waals surface area contributed by atoms with E-state index in [1.165, 1.54) is 17.2 Å². The Morgan fingerprint density at radius 1 is 1.57 bits per heavy atom. The maximum absolute atomic E-state index is 13.5. The van der Waals surface area contributed by atoms with Crippen LogP contribution in [0.2, 0.25) is 0 Å². The molecule has 1 aromatic rings. The number of amides is 1. The molecule has 1 rings (SSSR count). The van der Waals surface area contributed by atoms with Crippen molar-refractivity contribution in [1.29, 1.82) is 0 Å². The summed E-state index contributed by atoms with van der Waals surface area (Å²) in [5.41, 5.74) is 0.0225. The maximum atomic E-state index is 13.5. The first-order valence-corrected chi connectivity index (χ1v) is 4.11. The number of hydrogen-bond acceptors (Lipinski definition) is 3. The summed E-state index contributed by atoms with van der Waals surface area (Å²) in [7, 11) is 4.69. The van der Waals surface area contributed by atoms with Gasteiger partial charge in [-0.15, -0.1) is 0 Å². The minimum atomic E-state index is -0.617. The highest BCUT2D eigenvalue weighted by molar-refractivity contribution is 5.94. The van der Waals surface area contributed by atoms with E-state index in [0.29, 0.717) is 0 Å². The SMILES string of the molecule is CNc1nccc(C(=O)N(C)C)c1F. The molecule has 1 amide bonds. The minimum Gasteiger partial charge on any atom is -0.371 e. The van der Waals surface area contributed by atoms with Gasteiger partial charge in [-0.3, -0.25) is 4.79 Å². The van der Waals surface area contributed by atoms with Gasteiger partial charge in [0.25, 0.3) is 5.91 Å². The number of pyridine rings is 1. The number of carbonyl (C=O) groups excluding carboxylic acids is 1. The van der Waals surface area contributed by atoms with Gasteiger partial charge in [0.1, 0.15) is 0 Å². The van der Waals surface area contributed by atoms with Crippen LogP contribution in [-0.2, 0) is 0 Å². The van der Waals surface area contributed by atoms with Crippen LogP contribution in [0.1, 0.15) is 10.4 Å². The molecule has 0 atom stereocenters. The summed E-state index contributed by atoms with van der Waals surface area (Å²) in [5.74, 6) is -0.909. The van der Waals surface area contributed by atoms with Crippen LogP contribution in [0, 0.1) is 5.82 Å². The second-order valence-corrected chi connectivity index (χ2v) is 2.97. The third kappa shape index (κ3) is 1.81. The Morgan fingerprint density at radius 2 is 2.21 bits per heavy atom. The van der Waals surface area contributed by atoms with Crippen molar-refractivity contribution < 1.29 is 9.18 Å². The van der Waals surface area contributed by atoms with Gasteiger partial charge in [-0.05, 0) is 6.07 Å². The molecular formula is C9H12FN3O. The Hall–Kier alpha value is -1.65. The van der Waals surface area contributed by atoms with Crippen LogP contribution >= 0.6 is 0 Å². The summed E-state index contributed by atoms with van der Waals surface area (Å²) in [4.78, 5) is 16.5. The molecule has 0 aliphatic heterocycles. The lowest BCUT2D eigenvalue weighted by Gasteiger charge is -2.11. The van der Waals surface area contributed by atoms with E-state index in [2.05, 4.69) is 10.3 Å². The summed E-state index contributed by atoms with van der Waals surface area (Å²) >= 11 is 0. The van der Waals surface area contributed by atoms with Crippen molar-refractivity contribution in [3.63, 3.8) is 0 Å². The summed E-state index contributed by atoms with van der Waals surface area (Å²) in [6.07, 6.45) is 1.39. The van der Waals surface area contributed by atoms with E-state index in [1.54, 1.807) is 21.1 Å². The van der Waals surface area contributed by atoms with E-state index in [0.717, 1.165) is 0 Å². The van der Waals surface area contributed by atoms with E-state index >= 15 is 0 Å². The van der Waals surface area contributed by atoms with Crippen LogP contribution in [-0.4, -0.2) is 36.9 Å². The number of carbonyl (C=O) groups is 1. The van der Waals surface area contributed by atoms with Gasteiger partial charge in [0.2, 0.25) is 0 Å². The quantitative estimate of drug-likeness (QED) is 0.768. The molecule has 0 radical (unpaired) electrons. The van der Waals surface area contributed by atoms with Crippen LogP contribution in [0.3, 0.4) is 0 Å². The predicted octanol–water partition coefficient (Wildman–Crippen LogP) is 0.964. The fraction of sp³-hybridized carbons (Fsp3) is 0.333. The van der Waals surface area contributed by atoms with Crippen LogP contribution < -0.4 is 5.32 Å². The third-order valence-electron chi connectivity index (χ3n) is 1.76. The third-order valence-corrected chi connectivity index (χ3v) is 1.76. The monoisotopic (exact) mass is 197 g/mol. The molecule has 5 heteroatoms. The molecule has 0 spiro atoms. The summed E-state index contributed by atoms with van der Waals surface area (Å²) in [6.45, 7) is 0. The van der Waals surface area contributed by atoms with E-state index in [9.17, 15) is 9.18 Å². The maximum Gasteiger partial charge on any atom is 0.256 e. The lowest BCUT2D eigenvalue weighted by Crippen LogP contribution is -2.23. The van der Waals surface area contributed by atoms with Crippen LogP contribution in [0.25, 0.3) is 0 Å². The molecule has 0 aliphatic carbocycles. The van der Waals surface area contributed by atoms with Crippen molar-refractivity contribution in [3.8, 4) is 0 Å². The molecule has 76 valence electrons. The Balaban J connectivity index is 3.16. The van der Waals surface area contributed by atoms with Crippen LogP contribution in [0.5, 0.6) is 0 Å². The fourth-order valence-electron chi connectivity index (χ4n) is 1.02. The minimum absolute atomic E-state index is 0.0225. The van der Waals surface area contributed by atoms with Crippen LogP contribution in [0.15, 0.2) is 12.3 Å². The zero-order valence-corrected chi connectivity index (χ0v) is 8.34. The Labute approximate surface area is 81.7 Å². The lowest BCUT2D eigenvalue weighted by atomic mass is 10.2. The molecule has 0 bridgehead atoms. The van der Waals surface area contributed by atoms with Crippen molar-refractivity contribution in [2.24, 2.45) is 0 Å². The topological polar surface area (TPSA) is 45.2 Å². The molecule has 0 aliphatic rings. The predicted molar refractivity (Wildman–Crippen MR) is 51.8 cm³/mol. The molecule has 1 heterocycles. The molecule has 0 fully saturated rings. The zero-order chi connectivity index (χ0) is 10.7. The van der Waals surface area contributed by atoms with Crippen molar-refractivity contribution in [2.45, 2.75) is 0 Å². The molecule has 0 saturated carbocycles. The molecule has 14 heavy (non-hydrogen) atoms. The van der Waals surface area contributed by atoms with E-state index in [4.69, 9.17) is 0 Å². The molecular weight excluding hydrogens is 185 g/mol. The van der Waals surface area contributed by atoms with Gasteiger partial charge < -0.3 is 10.2 Å². The highest BCUT2D eigenvalue weighted by Gasteiger charge is 2.16. The first-order valence-electron chi connectivity index (χ1n) is 4.11. The molecule has 0 saturated heterocycles. The van der Waals surface area contributed by atoms with Gasteiger partial charge in [0, 0.05) is 27.3 Å². The second-order valence-electron chi connectivity index (χ2n) is 2.97. The van der Waals surface area contributed by atoms with Crippen molar-refractivity contribution >= 4 is 11.7 Å². The van der Waals surface area contributed by atoms with Gasteiger partial charge in [-0.2, -0.15) is 0 Å². The zero-order valence-electron chi connectivity index (χ0n) is 8.34. The Kier molecular flexibility index (Phi) is 3.01. The number of rotatable bonds is 2. The van der Waals surface area contributed by atoms with Gasteiger partial charge in [0.15, 0.2) is 11.6 Å². The number of halogens is 1. The molecule has 0 aromatic carbocycles. The van der Waals surface area contributed by atoms with Gasteiger partial charge in [-0.25, -0.2) is 9.37 Å². The Morgan fingerprint density at radius 3 is 2.71 bits per heavy atom. The average Bonchev–Trinajstić information content (AvgIpc) is 2.17. The lowest BCUT2D eigenvalue weighted by molar-refractivity contribution is 0.0823.